The van der Waals surface area contributed by atoms with E-state index in [4.69, 9.17) is 9.47 Å². The molecule has 3 aromatic rings. The first-order valence-corrected chi connectivity index (χ1v) is 8.84. The molecule has 0 saturated carbocycles. The van der Waals surface area contributed by atoms with E-state index in [1.54, 1.807) is 29.5 Å². The quantitative estimate of drug-likeness (QED) is 0.721. The van der Waals surface area contributed by atoms with Crippen LogP contribution >= 0.6 is 11.3 Å². The highest BCUT2D eigenvalue weighted by atomic mass is 32.1. The van der Waals surface area contributed by atoms with E-state index in [1.165, 1.54) is 6.08 Å². The summed E-state index contributed by atoms with van der Waals surface area (Å²) < 4.78 is 12.3. The first-order chi connectivity index (χ1) is 12.3. The minimum atomic E-state index is -0.214. The highest BCUT2D eigenvalue weighted by Crippen LogP contribution is 2.32. The lowest BCUT2D eigenvalue weighted by Gasteiger charge is -2.09. The van der Waals surface area contributed by atoms with Crippen molar-refractivity contribution in [1.29, 1.82) is 0 Å². The van der Waals surface area contributed by atoms with Crippen molar-refractivity contribution in [2.45, 2.75) is 6.42 Å². The van der Waals surface area contributed by atoms with Gasteiger partial charge in [0.05, 0.1) is 23.4 Å². The van der Waals surface area contributed by atoms with Gasteiger partial charge in [-0.1, -0.05) is 12.1 Å². The van der Waals surface area contributed by atoms with E-state index >= 15 is 0 Å². The van der Waals surface area contributed by atoms with Crippen molar-refractivity contribution < 1.29 is 14.3 Å². The number of benzene rings is 2. The van der Waals surface area contributed by atoms with Gasteiger partial charge in [0.2, 0.25) is 5.91 Å². The standard InChI is InChI=1S/C19H16N2O3S/c22-18(8-9-19-21-14-4-1-2-5-17(14)25-19)20-13-6-7-15-16(12-13)24-11-3-10-23-15/h1-2,4-9,12H,3,10-11H2,(H,20,22). The zero-order valence-corrected chi connectivity index (χ0v) is 14.2. The molecule has 0 unspecified atom stereocenters. The van der Waals surface area contributed by atoms with Crippen LogP contribution in [0.25, 0.3) is 16.3 Å². The Morgan fingerprint density at radius 3 is 2.84 bits per heavy atom. The molecule has 0 fully saturated rings. The minimum absolute atomic E-state index is 0.214. The Kier molecular flexibility index (Phi) is 4.35. The number of nitrogens with one attached hydrogen (secondary N) is 1. The number of amides is 1. The summed E-state index contributed by atoms with van der Waals surface area (Å²) in [7, 11) is 0. The summed E-state index contributed by atoms with van der Waals surface area (Å²) in [6.07, 6.45) is 4.06. The van der Waals surface area contributed by atoms with Crippen molar-refractivity contribution in [2.75, 3.05) is 18.5 Å². The Morgan fingerprint density at radius 2 is 1.96 bits per heavy atom. The Hall–Kier alpha value is -2.86. The molecule has 0 atom stereocenters. The number of aromatic nitrogens is 1. The second kappa shape index (κ2) is 6.94. The second-order valence-corrected chi connectivity index (χ2v) is 6.62. The number of hydrogen-bond donors (Lipinski definition) is 1. The van der Waals surface area contributed by atoms with Gasteiger partial charge in [-0.25, -0.2) is 4.98 Å². The normalized spacial score (nSPS) is 13.8. The smallest absolute Gasteiger partial charge is 0.248 e. The van der Waals surface area contributed by atoms with Crippen LogP contribution in [0.15, 0.2) is 48.5 Å². The van der Waals surface area contributed by atoms with Gasteiger partial charge in [0.25, 0.3) is 0 Å². The molecule has 1 aliphatic rings. The van der Waals surface area contributed by atoms with Crippen LogP contribution in [-0.4, -0.2) is 24.1 Å². The number of anilines is 1. The van der Waals surface area contributed by atoms with Gasteiger partial charge in [0.1, 0.15) is 5.01 Å². The predicted molar refractivity (Wildman–Crippen MR) is 99.3 cm³/mol. The molecule has 0 bridgehead atoms. The fourth-order valence-corrected chi connectivity index (χ4v) is 3.40. The third-order valence-electron chi connectivity index (χ3n) is 3.70. The fourth-order valence-electron chi connectivity index (χ4n) is 2.53. The topological polar surface area (TPSA) is 60.5 Å². The number of para-hydroxylation sites is 1. The highest BCUT2D eigenvalue weighted by molar-refractivity contribution is 7.19. The number of carbonyl (C=O) groups excluding carboxylic acids is 1. The maximum atomic E-state index is 12.1. The summed E-state index contributed by atoms with van der Waals surface area (Å²) in [5, 5.41) is 3.63. The van der Waals surface area contributed by atoms with Crippen molar-refractivity contribution in [3.05, 3.63) is 53.5 Å². The molecule has 1 N–H and O–H groups in total. The molecule has 0 spiro atoms. The summed E-state index contributed by atoms with van der Waals surface area (Å²) in [5.74, 6) is 1.15. The Morgan fingerprint density at radius 1 is 1.12 bits per heavy atom. The molecule has 2 heterocycles. The monoisotopic (exact) mass is 352 g/mol. The van der Waals surface area contributed by atoms with E-state index in [1.807, 2.05) is 30.3 Å². The number of thiazole rings is 1. The Balaban J connectivity index is 1.45. The zero-order chi connectivity index (χ0) is 17.1. The van der Waals surface area contributed by atoms with Crippen molar-refractivity contribution >= 4 is 39.2 Å². The molecule has 1 aromatic heterocycles. The number of fused-ring (bicyclic) bond motifs is 2. The van der Waals surface area contributed by atoms with Crippen LogP contribution < -0.4 is 14.8 Å². The molecule has 0 radical (unpaired) electrons. The van der Waals surface area contributed by atoms with Crippen LogP contribution in [-0.2, 0) is 4.79 Å². The second-order valence-electron chi connectivity index (χ2n) is 5.55. The van der Waals surface area contributed by atoms with Gasteiger partial charge in [-0.15, -0.1) is 11.3 Å². The third-order valence-corrected chi connectivity index (χ3v) is 4.70. The molecular formula is C19H16N2O3S. The average molecular weight is 352 g/mol. The van der Waals surface area contributed by atoms with E-state index in [-0.39, 0.29) is 5.91 Å². The lowest BCUT2D eigenvalue weighted by molar-refractivity contribution is -0.111. The number of hydrogen-bond acceptors (Lipinski definition) is 5. The lowest BCUT2D eigenvalue weighted by Crippen LogP contribution is -2.07. The van der Waals surface area contributed by atoms with Crippen LogP contribution in [0.3, 0.4) is 0 Å². The van der Waals surface area contributed by atoms with Crippen molar-refractivity contribution in [2.24, 2.45) is 0 Å². The zero-order valence-electron chi connectivity index (χ0n) is 13.4. The largest absolute Gasteiger partial charge is 0.490 e. The van der Waals surface area contributed by atoms with Crippen LogP contribution in [0.1, 0.15) is 11.4 Å². The molecule has 0 saturated heterocycles. The molecule has 4 rings (SSSR count). The molecule has 5 nitrogen and oxygen atoms in total. The van der Waals surface area contributed by atoms with Crippen molar-refractivity contribution in [3.8, 4) is 11.5 Å². The van der Waals surface area contributed by atoms with Gasteiger partial charge in [-0.2, -0.15) is 0 Å². The number of nitrogens with zero attached hydrogens (tertiary/aromatic N) is 1. The number of ether oxygens (including phenoxy) is 2. The molecule has 0 aliphatic carbocycles. The van der Waals surface area contributed by atoms with Gasteiger partial charge in [-0.3, -0.25) is 4.79 Å². The van der Waals surface area contributed by atoms with Crippen LogP contribution in [0, 0.1) is 0 Å². The molecule has 1 amide bonds. The van der Waals surface area contributed by atoms with Gasteiger partial charge < -0.3 is 14.8 Å². The van der Waals surface area contributed by atoms with Crippen molar-refractivity contribution in [3.63, 3.8) is 0 Å². The van der Waals surface area contributed by atoms with Crippen LogP contribution in [0.2, 0.25) is 0 Å². The first kappa shape index (κ1) is 15.7. The minimum Gasteiger partial charge on any atom is -0.490 e. The molecule has 126 valence electrons. The molecule has 25 heavy (non-hydrogen) atoms. The lowest BCUT2D eigenvalue weighted by atomic mass is 10.2. The summed E-state index contributed by atoms with van der Waals surface area (Å²) >= 11 is 1.55. The van der Waals surface area contributed by atoms with Gasteiger partial charge in [0.15, 0.2) is 11.5 Å². The van der Waals surface area contributed by atoms with E-state index in [0.717, 1.165) is 21.6 Å². The average Bonchev–Trinajstić information content (AvgIpc) is 2.90. The Labute approximate surface area is 148 Å². The SMILES string of the molecule is O=C(C=Cc1nc2ccccc2s1)Nc1ccc2c(c1)OCCCO2. The molecular weight excluding hydrogens is 336 g/mol. The maximum Gasteiger partial charge on any atom is 0.248 e. The van der Waals surface area contributed by atoms with Gasteiger partial charge in [-0.05, 0) is 30.3 Å². The summed E-state index contributed by atoms with van der Waals surface area (Å²) in [6, 6.07) is 13.3. The van der Waals surface area contributed by atoms with E-state index in [9.17, 15) is 4.79 Å². The maximum absolute atomic E-state index is 12.1. The first-order valence-electron chi connectivity index (χ1n) is 8.02. The van der Waals surface area contributed by atoms with E-state index in [0.29, 0.717) is 30.4 Å². The van der Waals surface area contributed by atoms with Crippen LogP contribution in [0.5, 0.6) is 11.5 Å². The molecule has 1 aliphatic heterocycles. The van der Waals surface area contributed by atoms with Gasteiger partial charge >= 0.3 is 0 Å². The summed E-state index contributed by atoms with van der Waals surface area (Å²) in [6.45, 7) is 1.26. The highest BCUT2D eigenvalue weighted by Gasteiger charge is 2.11. The third kappa shape index (κ3) is 3.64. The fraction of sp³-hybridized carbons (Fsp3) is 0.158. The predicted octanol–water partition coefficient (Wildman–Crippen LogP) is 4.11. The summed E-state index contributed by atoms with van der Waals surface area (Å²) in [4.78, 5) is 16.6. The number of rotatable bonds is 3. The van der Waals surface area contributed by atoms with Crippen molar-refractivity contribution in [1.82, 2.24) is 4.98 Å². The molecule has 6 heteroatoms. The number of carbonyl (C=O) groups is 1. The van der Waals surface area contributed by atoms with E-state index < -0.39 is 0 Å². The Bertz CT molecular complexity index is 916. The van der Waals surface area contributed by atoms with Gasteiger partial charge in [0, 0.05) is 24.3 Å². The molecule has 2 aromatic carbocycles. The van der Waals surface area contributed by atoms with Crippen LogP contribution in [0.4, 0.5) is 5.69 Å². The summed E-state index contributed by atoms with van der Waals surface area (Å²) in [5.41, 5.74) is 1.61. The van der Waals surface area contributed by atoms with E-state index in [2.05, 4.69) is 10.3 Å².